The maximum absolute atomic E-state index is 10.2. The summed E-state index contributed by atoms with van der Waals surface area (Å²) in [6.45, 7) is -0.526. The fourth-order valence-electron chi connectivity index (χ4n) is 2.76. The van der Waals surface area contributed by atoms with Crippen molar-refractivity contribution in [1.82, 2.24) is 15.1 Å². The number of ether oxygens (including phenoxy) is 1. The third kappa shape index (κ3) is 3.70. The number of aliphatic hydroxyl groups is 4. The molecule has 2 aromatic rings. The quantitative estimate of drug-likeness (QED) is 0.479. The molecule has 0 aliphatic carbocycles. The number of tetrazole rings is 1. The molecule has 0 saturated carbocycles. The van der Waals surface area contributed by atoms with Crippen LogP contribution in [0.15, 0.2) is 18.2 Å². The van der Waals surface area contributed by atoms with E-state index in [-0.39, 0.29) is 0 Å². The molecule has 0 radical (unpaired) electrons. The Morgan fingerprint density at radius 2 is 1.92 bits per heavy atom. The Balaban J connectivity index is 1.85. The summed E-state index contributed by atoms with van der Waals surface area (Å²) >= 11 is 12.1. The smallest absolute Gasteiger partial charge is 0.302 e. The Labute approximate surface area is 158 Å². The van der Waals surface area contributed by atoms with Crippen LogP contribution in [0.2, 0.25) is 10.0 Å². The topological polar surface area (TPSA) is 125 Å². The van der Waals surface area contributed by atoms with Crippen LogP contribution in [0.1, 0.15) is 17.6 Å². The van der Waals surface area contributed by atoms with Gasteiger partial charge in [-0.3, -0.25) is 0 Å². The van der Waals surface area contributed by atoms with Crippen molar-refractivity contribution >= 4 is 23.2 Å². The van der Waals surface area contributed by atoms with Crippen LogP contribution in [0, 0.1) is 0 Å². The fraction of sp³-hybridized carbons (Fsp3) is 0.533. The van der Waals surface area contributed by atoms with Gasteiger partial charge in [-0.25, -0.2) is 0 Å². The van der Waals surface area contributed by atoms with Crippen molar-refractivity contribution in [1.29, 1.82) is 0 Å². The Bertz CT molecular complexity index is 787. The minimum absolute atomic E-state index is 0.351. The summed E-state index contributed by atoms with van der Waals surface area (Å²) in [6, 6.07) is 5.11. The monoisotopic (exact) mass is 405 g/mol. The van der Waals surface area contributed by atoms with Crippen LogP contribution in [0.4, 0.5) is 0 Å². The number of hydrogen-bond donors (Lipinski definition) is 4. The van der Waals surface area contributed by atoms with Crippen molar-refractivity contribution in [3.8, 4) is 0 Å². The minimum Gasteiger partial charge on any atom is -0.394 e. The molecule has 1 aliphatic rings. The first-order valence-corrected chi connectivity index (χ1v) is 8.64. The molecule has 26 heavy (non-hydrogen) atoms. The van der Waals surface area contributed by atoms with E-state index in [1.807, 2.05) is 0 Å². The molecule has 9 nitrogen and oxygen atoms in total. The second-order valence-corrected chi connectivity index (χ2v) is 6.93. The van der Waals surface area contributed by atoms with Gasteiger partial charge in [0.15, 0.2) is 0 Å². The number of hydrogen-bond acceptors (Lipinski definition) is 7. The molecule has 5 atom stereocenters. The first-order chi connectivity index (χ1) is 12.3. The van der Waals surface area contributed by atoms with E-state index in [9.17, 15) is 20.4 Å². The van der Waals surface area contributed by atoms with Gasteiger partial charge in [-0.2, -0.15) is 0 Å². The summed E-state index contributed by atoms with van der Waals surface area (Å²) in [4.78, 5) is 1.10. The molecule has 0 amide bonds. The van der Waals surface area contributed by atoms with Crippen molar-refractivity contribution in [3.63, 3.8) is 0 Å². The number of nitrogens with zero attached hydrogens (tertiary/aromatic N) is 4. The molecule has 1 aromatic carbocycles. The highest BCUT2D eigenvalue weighted by Gasteiger charge is 2.48. The molecular formula is C15H19Cl2N4O5+. The molecule has 3 rings (SSSR count). The lowest BCUT2D eigenvalue weighted by molar-refractivity contribution is -0.740. The number of aliphatic hydroxyl groups excluding tert-OH is 4. The third-order valence-corrected chi connectivity index (χ3v) is 4.86. The van der Waals surface area contributed by atoms with Gasteiger partial charge in [0.05, 0.1) is 30.4 Å². The van der Waals surface area contributed by atoms with Crippen molar-refractivity contribution < 1.29 is 29.8 Å². The number of benzene rings is 1. The molecule has 142 valence electrons. The van der Waals surface area contributed by atoms with Crippen LogP contribution in [0.5, 0.6) is 0 Å². The highest BCUT2D eigenvalue weighted by molar-refractivity contribution is 6.35. The normalized spacial score (nSPS) is 29.1. The summed E-state index contributed by atoms with van der Waals surface area (Å²) in [6.07, 6.45) is -6.26. The van der Waals surface area contributed by atoms with E-state index in [1.54, 1.807) is 25.2 Å². The summed E-state index contributed by atoms with van der Waals surface area (Å²) in [5, 5.41) is 48.7. The van der Waals surface area contributed by atoms with Gasteiger partial charge in [0.1, 0.15) is 24.4 Å². The van der Waals surface area contributed by atoms with Crippen LogP contribution in [-0.2, 0) is 18.2 Å². The Morgan fingerprint density at radius 1 is 1.19 bits per heavy atom. The molecule has 1 aliphatic heterocycles. The zero-order valence-corrected chi connectivity index (χ0v) is 15.3. The van der Waals surface area contributed by atoms with Crippen molar-refractivity contribution in [2.75, 3.05) is 6.61 Å². The largest absolute Gasteiger partial charge is 0.394 e. The average molecular weight is 406 g/mol. The van der Waals surface area contributed by atoms with E-state index >= 15 is 0 Å². The van der Waals surface area contributed by atoms with Gasteiger partial charge in [0, 0.05) is 14.8 Å². The summed E-state index contributed by atoms with van der Waals surface area (Å²) < 4.78 is 6.92. The summed E-state index contributed by atoms with van der Waals surface area (Å²) in [7, 11) is 1.66. The third-order valence-electron chi connectivity index (χ3n) is 4.28. The van der Waals surface area contributed by atoms with Gasteiger partial charge in [-0.1, -0.05) is 29.3 Å². The summed E-state index contributed by atoms with van der Waals surface area (Å²) in [5.41, 5.74) is 0.785. The lowest BCUT2D eigenvalue weighted by Crippen LogP contribution is -2.57. The highest BCUT2D eigenvalue weighted by Crippen LogP contribution is 2.27. The molecule has 2 heterocycles. The number of aromatic nitrogens is 4. The van der Waals surface area contributed by atoms with E-state index in [0.29, 0.717) is 22.3 Å². The molecule has 11 heteroatoms. The molecule has 1 fully saturated rings. The predicted octanol–water partition coefficient (Wildman–Crippen LogP) is -1.03. The average Bonchev–Trinajstić information content (AvgIpc) is 2.96. The molecule has 0 spiro atoms. The molecule has 5 unspecified atom stereocenters. The second-order valence-electron chi connectivity index (χ2n) is 6.08. The molecule has 4 N–H and O–H groups in total. The van der Waals surface area contributed by atoms with E-state index < -0.39 is 37.3 Å². The molecule has 1 aromatic heterocycles. The Hall–Kier alpha value is -1.33. The summed E-state index contributed by atoms with van der Waals surface area (Å²) in [5.74, 6) is 0.520. The minimum atomic E-state index is -1.50. The number of aryl methyl sites for hydroxylation is 1. The van der Waals surface area contributed by atoms with Crippen LogP contribution < -0.4 is 4.68 Å². The van der Waals surface area contributed by atoms with E-state index in [1.165, 1.54) is 4.68 Å². The maximum Gasteiger partial charge on any atom is 0.302 e. The zero-order valence-electron chi connectivity index (χ0n) is 13.8. The van der Waals surface area contributed by atoms with Crippen LogP contribution >= 0.6 is 23.2 Å². The first-order valence-electron chi connectivity index (χ1n) is 7.88. The van der Waals surface area contributed by atoms with Crippen LogP contribution in [-0.4, -0.2) is 66.6 Å². The van der Waals surface area contributed by atoms with E-state index in [4.69, 9.17) is 27.9 Å². The van der Waals surface area contributed by atoms with Crippen molar-refractivity contribution in [2.24, 2.45) is 7.05 Å². The number of rotatable bonds is 4. The van der Waals surface area contributed by atoms with Crippen molar-refractivity contribution in [2.45, 2.75) is 37.1 Å². The molecular weight excluding hydrogens is 387 g/mol. The SMILES string of the molecule is C[n+]1nn(C2OC(CO)C(O)C(O)C2O)nc1Cc1ccc(Cl)cc1Cl. The van der Waals surface area contributed by atoms with E-state index in [0.717, 1.165) is 10.4 Å². The molecule has 1 saturated heterocycles. The fourth-order valence-corrected chi connectivity index (χ4v) is 3.23. The van der Waals surface area contributed by atoms with Gasteiger partial charge < -0.3 is 25.2 Å². The van der Waals surface area contributed by atoms with Gasteiger partial charge in [-0.05, 0) is 17.7 Å². The lowest BCUT2D eigenvalue weighted by Gasteiger charge is -2.36. The maximum atomic E-state index is 10.2. The Kier molecular flexibility index (Phi) is 5.78. The predicted molar refractivity (Wildman–Crippen MR) is 89.5 cm³/mol. The van der Waals surface area contributed by atoms with Crippen LogP contribution in [0.3, 0.4) is 0 Å². The van der Waals surface area contributed by atoms with Crippen LogP contribution in [0.25, 0.3) is 0 Å². The lowest BCUT2D eigenvalue weighted by atomic mass is 9.99. The Morgan fingerprint density at radius 3 is 2.58 bits per heavy atom. The number of halogens is 2. The van der Waals surface area contributed by atoms with Crippen molar-refractivity contribution in [3.05, 3.63) is 39.6 Å². The van der Waals surface area contributed by atoms with Gasteiger partial charge in [0.2, 0.25) is 0 Å². The second kappa shape index (κ2) is 7.73. The zero-order chi connectivity index (χ0) is 19.0. The van der Waals surface area contributed by atoms with Gasteiger partial charge in [-0.15, -0.1) is 4.68 Å². The first kappa shape index (κ1) is 19.4. The van der Waals surface area contributed by atoms with Gasteiger partial charge in [0.25, 0.3) is 6.23 Å². The highest BCUT2D eigenvalue weighted by atomic mass is 35.5. The standard InChI is InChI=1S/C15H19Cl2N4O5/c1-20-11(4-7-2-3-8(16)5-9(7)17)18-21(19-20)15-14(25)13(24)12(23)10(6-22)26-15/h2-3,5,10,12-15,22-25H,4,6H2,1H3/q+1. The van der Waals surface area contributed by atoms with Gasteiger partial charge >= 0.3 is 5.82 Å². The van der Waals surface area contributed by atoms with E-state index in [2.05, 4.69) is 10.3 Å². The molecule has 0 bridgehead atoms.